The van der Waals surface area contributed by atoms with E-state index in [1.54, 1.807) is 0 Å². The number of hydrogen-bond donors (Lipinski definition) is 1. The third kappa shape index (κ3) is 8.10. The van der Waals surface area contributed by atoms with Crippen LogP contribution in [0.15, 0.2) is 48.7 Å². The Labute approximate surface area is 218 Å². The van der Waals surface area contributed by atoms with Gasteiger partial charge in [0.1, 0.15) is 11.4 Å². The second-order valence-electron chi connectivity index (χ2n) is 8.23. The summed E-state index contributed by atoms with van der Waals surface area (Å²) in [5, 5.41) is 12.8. The minimum absolute atomic E-state index is 0.0105. The van der Waals surface area contributed by atoms with Gasteiger partial charge in [-0.1, -0.05) is 5.56 Å². The Kier molecular flexibility index (Phi) is 9.45. The van der Waals surface area contributed by atoms with Gasteiger partial charge in [0.25, 0.3) is 0 Å². The van der Waals surface area contributed by atoms with Gasteiger partial charge in [-0.05, 0) is 42.5 Å². The first-order valence-corrected chi connectivity index (χ1v) is 11.3. The zero-order chi connectivity index (χ0) is 28.8. The second kappa shape index (κ2) is 12.4. The molecule has 0 saturated carbocycles. The van der Waals surface area contributed by atoms with Crippen LogP contribution in [0.3, 0.4) is 0 Å². The summed E-state index contributed by atoms with van der Waals surface area (Å²) in [6, 6.07) is 7.00. The van der Waals surface area contributed by atoms with Crippen LogP contribution in [0.4, 0.5) is 36.7 Å². The molecule has 3 aromatic rings. The van der Waals surface area contributed by atoms with Crippen molar-refractivity contribution in [1.82, 2.24) is 9.97 Å². The molecular weight excluding hydrogens is 537 g/mol. The molecule has 210 valence electrons. The predicted molar refractivity (Wildman–Crippen MR) is 127 cm³/mol. The molecule has 1 fully saturated rings. The standard InChI is InChI=1S/C15H14FN3O3.C10H8F6N/c16-11-3-1-10(2-4-11)13-12(14(20)21)9-17-15(18-13)19-5-7-22-8-6-19;1-17-5-6-2-7(9(11,12)13)4-8(3-6)10(14,15)16/h1-4,9H,5-8H2,(H,20,21);2-4H,5H2,1H3/q;-1. The molecule has 1 aromatic heterocycles. The van der Waals surface area contributed by atoms with Crippen molar-refractivity contribution in [2.45, 2.75) is 18.9 Å². The molecule has 1 aliphatic rings. The highest BCUT2D eigenvalue weighted by Gasteiger charge is 2.36. The van der Waals surface area contributed by atoms with Gasteiger partial charge in [0.05, 0.1) is 30.0 Å². The molecule has 39 heavy (non-hydrogen) atoms. The molecule has 7 nitrogen and oxygen atoms in total. The van der Waals surface area contributed by atoms with Gasteiger partial charge in [0.15, 0.2) is 0 Å². The summed E-state index contributed by atoms with van der Waals surface area (Å²) in [7, 11) is 1.31. The lowest BCUT2D eigenvalue weighted by molar-refractivity contribution is -0.143. The van der Waals surface area contributed by atoms with E-state index < -0.39 is 29.4 Å². The van der Waals surface area contributed by atoms with Crippen LogP contribution in [-0.2, 0) is 23.6 Å². The monoisotopic (exact) mass is 559 g/mol. The van der Waals surface area contributed by atoms with Crippen LogP contribution in [0.2, 0.25) is 0 Å². The lowest BCUT2D eigenvalue weighted by Crippen LogP contribution is -2.37. The maximum absolute atomic E-state index is 13.1. The lowest BCUT2D eigenvalue weighted by Gasteiger charge is -2.27. The minimum Gasteiger partial charge on any atom is -0.661 e. The molecule has 0 unspecified atom stereocenters. The quantitative estimate of drug-likeness (QED) is 0.383. The zero-order valence-electron chi connectivity index (χ0n) is 20.4. The van der Waals surface area contributed by atoms with Gasteiger partial charge in [0, 0.05) is 24.8 Å². The molecule has 0 atom stereocenters. The highest BCUT2D eigenvalue weighted by molar-refractivity contribution is 5.94. The van der Waals surface area contributed by atoms with Crippen molar-refractivity contribution in [3.05, 3.63) is 82.0 Å². The van der Waals surface area contributed by atoms with Gasteiger partial charge in [-0.2, -0.15) is 33.4 Å². The van der Waals surface area contributed by atoms with E-state index in [-0.39, 0.29) is 35.2 Å². The summed E-state index contributed by atoms with van der Waals surface area (Å²) in [6.07, 6.45) is -8.31. The first kappa shape index (κ1) is 29.8. The molecule has 0 radical (unpaired) electrons. The molecule has 0 aliphatic carbocycles. The maximum Gasteiger partial charge on any atom is 0.416 e. The van der Waals surface area contributed by atoms with E-state index in [1.807, 2.05) is 4.90 Å². The summed E-state index contributed by atoms with van der Waals surface area (Å²) in [4.78, 5) is 21.8. The van der Waals surface area contributed by atoms with Gasteiger partial charge >= 0.3 is 18.3 Å². The van der Waals surface area contributed by atoms with Crippen LogP contribution >= 0.6 is 0 Å². The number of nitrogens with zero attached hydrogens (tertiary/aromatic N) is 4. The number of ether oxygens (including phenoxy) is 1. The summed E-state index contributed by atoms with van der Waals surface area (Å²) in [5.74, 6) is -1.05. The Bertz CT molecular complexity index is 1240. The number of halogens is 7. The number of morpholine rings is 1. The van der Waals surface area contributed by atoms with Crippen molar-refractivity contribution in [3.63, 3.8) is 0 Å². The van der Waals surface area contributed by atoms with E-state index in [0.717, 1.165) is 0 Å². The highest BCUT2D eigenvalue weighted by Crippen LogP contribution is 2.36. The van der Waals surface area contributed by atoms with Crippen LogP contribution < -0.4 is 4.90 Å². The smallest absolute Gasteiger partial charge is 0.416 e. The molecule has 1 N–H and O–H groups in total. The van der Waals surface area contributed by atoms with Crippen LogP contribution in [0.1, 0.15) is 27.0 Å². The van der Waals surface area contributed by atoms with E-state index in [1.165, 1.54) is 37.5 Å². The van der Waals surface area contributed by atoms with Crippen LogP contribution in [-0.4, -0.2) is 54.4 Å². The summed E-state index contributed by atoms with van der Waals surface area (Å²) < 4.78 is 92.6. The van der Waals surface area contributed by atoms with Gasteiger partial charge in [0.2, 0.25) is 5.95 Å². The number of carboxylic acid groups (broad SMARTS) is 1. The Balaban J connectivity index is 0.000000224. The normalized spacial score (nSPS) is 14.0. The van der Waals surface area contributed by atoms with E-state index in [0.29, 0.717) is 49.9 Å². The van der Waals surface area contributed by atoms with Gasteiger partial charge in [-0.3, -0.25) is 0 Å². The average Bonchev–Trinajstić information content (AvgIpc) is 2.89. The van der Waals surface area contributed by atoms with Crippen molar-refractivity contribution in [1.29, 1.82) is 0 Å². The van der Waals surface area contributed by atoms with Crippen LogP contribution in [0.25, 0.3) is 16.6 Å². The topological polar surface area (TPSA) is 89.7 Å². The number of benzene rings is 2. The van der Waals surface area contributed by atoms with Crippen molar-refractivity contribution < 1.29 is 45.4 Å². The number of anilines is 1. The van der Waals surface area contributed by atoms with E-state index >= 15 is 0 Å². The Hall–Kier alpha value is -3.78. The SMILES string of the molecule is C[N-]Cc1cc(C(F)(F)F)cc(C(F)(F)F)c1.O=C(O)c1cnc(N2CCOCC2)nc1-c1ccc(F)cc1. The fourth-order valence-corrected chi connectivity index (χ4v) is 3.57. The second-order valence-corrected chi connectivity index (χ2v) is 8.23. The Morgan fingerprint density at radius 3 is 2.05 bits per heavy atom. The van der Waals surface area contributed by atoms with Crippen LogP contribution in [0, 0.1) is 5.82 Å². The largest absolute Gasteiger partial charge is 0.661 e. The summed E-state index contributed by atoms with van der Waals surface area (Å²) in [6.45, 7) is 2.27. The first-order valence-electron chi connectivity index (χ1n) is 11.3. The van der Waals surface area contributed by atoms with Crippen molar-refractivity contribution in [2.75, 3.05) is 38.3 Å². The van der Waals surface area contributed by atoms with Crippen molar-refractivity contribution in [2.24, 2.45) is 0 Å². The number of aromatic nitrogens is 2. The first-order chi connectivity index (χ1) is 18.3. The fraction of sp³-hybridized carbons (Fsp3) is 0.320. The number of aromatic carboxylic acids is 1. The fourth-order valence-electron chi connectivity index (χ4n) is 3.57. The van der Waals surface area contributed by atoms with Gasteiger partial charge in [-0.15, -0.1) is 6.54 Å². The molecule has 2 heterocycles. The van der Waals surface area contributed by atoms with Crippen molar-refractivity contribution in [3.8, 4) is 11.3 Å². The predicted octanol–water partition coefficient (Wildman–Crippen LogP) is 6.05. The number of rotatable bonds is 5. The third-order valence-corrected chi connectivity index (χ3v) is 5.41. The minimum atomic E-state index is -4.80. The summed E-state index contributed by atoms with van der Waals surface area (Å²) >= 11 is 0. The highest BCUT2D eigenvalue weighted by atomic mass is 19.4. The number of carbonyl (C=O) groups is 1. The number of carboxylic acids is 1. The molecule has 1 saturated heterocycles. The van der Waals surface area contributed by atoms with Crippen LogP contribution in [0.5, 0.6) is 0 Å². The lowest BCUT2D eigenvalue weighted by atomic mass is 10.0. The number of hydrogen-bond acceptors (Lipinski definition) is 5. The Morgan fingerprint density at radius 1 is 1.00 bits per heavy atom. The van der Waals surface area contributed by atoms with E-state index in [2.05, 4.69) is 15.3 Å². The zero-order valence-corrected chi connectivity index (χ0v) is 20.4. The molecule has 0 amide bonds. The Morgan fingerprint density at radius 2 is 1.56 bits per heavy atom. The average molecular weight is 559 g/mol. The van der Waals surface area contributed by atoms with Gasteiger partial charge in [-0.25, -0.2) is 19.2 Å². The van der Waals surface area contributed by atoms with E-state index in [4.69, 9.17) is 4.74 Å². The molecule has 0 bridgehead atoms. The maximum atomic E-state index is 13.1. The molecule has 1 aliphatic heterocycles. The molecule has 4 rings (SSSR count). The summed E-state index contributed by atoms with van der Waals surface area (Å²) in [5.41, 5.74) is -1.94. The van der Waals surface area contributed by atoms with Crippen molar-refractivity contribution >= 4 is 11.9 Å². The van der Waals surface area contributed by atoms with E-state index in [9.17, 15) is 40.6 Å². The molecule has 14 heteroatoms. The number of alkyl halides is 6. The molecule has 2 aromatic carbocycles. The third-order valence-electron chi connectivity index (χ3n) is 5.41. The molecular formula is C25H22F7N4O3-. The van der Waals surface area contributed by atoms with Gasteiger partial charge < -0.3 is 20.1 Å². The molecule has 0 spiro atoms.